The second-order valence-corrected chi connectivity index (χ2v) is 6.29. The molecule has 0 unspecified atom stereocenters. The zero-order valence-corrected chi connectivity index (χ0v) is 15.6. The highest BCUT2D eigenvalue weighted by Crippen LogP contribution is 2.25. The fourth-order valence-electron chi connectivity index (χ4n) is 2.89. The van der Waals surface area contributed by atoms with E-state index in [9.17, 15) is 4.79 Å². The number of ether oxygens (including phenoxy) is 1. The van der Waals surface area contributed by atoms with E-state index in [1.165, 1.54) is 0 Å². The average molecular weight is 352 g/mol. The molecule has 0 spiro atoms. The van der Waals surface area contributed by atoms with E-state index in [1.54, 1.807) is 12.4 Å². The number of amides is 1. The van der Waals surface area contributed by atoms with Crippen molar-refractivity contribution in [1.82, 2.24) is 19.3 Å². The first-order valence-corrected chi connectivity index (χ1v) is 8.93. The molecule has 0 aliphatic heterocycles. The maximum absolute atomic E-state index is 12.4. The molecule has 0 saturated heterocycles. The minimum absolute atomic E-state index is 0.0271. The predicted molar refractivity (Wildman–Crippen MR) is 101 cm³/mol. The monoisotopic (exact) mass is 352 g/mol. The summed E-state index contributed by atoms with van der Waals surface area (Å²) in [4.78, 5) is 23.0. The Labute approximate surface area is 153 Å². The second-order valence-electron chi connectivity index (χ2n) is 6.29. The lowest BCUT2D eigenvalue weighted by molar-refractivity contribution is 0.0773. The minimum atomic E-state index is 0.0271. The van der Waals surface area contributed by atoms with Gasteiger partial charge < -0.3 is 9.64 Å². The third kappa shape index (κ3) is 3.40. The van der Waals surface area contributed by atoms with Crippen LogP contribution >= 0.6 is 0 Å². The van der Waals surface area contributed by atoms with Gasteiger partial charge in [0, 0.05) is 36.6 Å². The number of rotatable bonds is 6. The van der Waals surface area contributed by atoms with E-state index in [0.29, 0.717) is 30.2 Å². The van der Waals surface area contributed by atoms with Gasteiger partial charge in [0.15, 0.2) is 0 Å². The zero-order valence-electron chi connectivity index (χ0n) is 15.6. The largest absolute Gasteiger partial charge is 0.472 e. The van der Waals surface area contributed by atoms with Gasteiger partial charge in [-0.05, 0) is 39.8 Å². The van der Waals surface area contributed by atoms with Gasteiger partial charge in [-0.25, -0.2) is 9.97 Å². The first kappa shape index (κ1) is 17.9. The summed E-state index contributed by atoms with van der Waals surface area (Å²) in [5.41, 5.74) is 3.28. The van der Waals surface area contributed by atoms with Crippen LogP contribution in [0.3, 0.4) is 0 Å². The summed E-state index contributed by atoms with van der Waals surface area (Å²) < 4.78 is 7.68. The van der Waals surface area contributed by atoms with Crippen molar-refractivity contribution in [2.24, 2.45) is 0 Å². The molecule has 6 heteroatoms. The Hall–Kier alpha value is -2.89. The molecule has 3 aromatic rings. The molecular weight excluding hydrogens is 328 g/mol. The van der Waals surface area contributed by atoms with Crippen molar-refractivity contribution in [1.29, 1.82) is 0 Å². The Morgan fingerprint density at radius 3 is 2.46 bits per heavy atom. The topological polar surface area (TPSA) is 59.7 Å². The lowest BCUT2D eigenvalue weighted by Gasteiger charge is -2.18. The van der Waals surface area contributed by atoms with E-state index in [4.69, 9.17) is 4.74 Å². The van der Waals surface area contributed by atoms with E-state index in [1.807, 2.05) is 67.5 Å². The Morgan fingerprint density at radius 2 is 1.85 bits per heavy atom. The smallest absolute Gasteiger partial charge is 0.258 e. The van der Waals surface area contributed by atoms with Crippen molar-refractivity contribution in [2.75, 3.05) is 13.1 Å². The Balaban J connectivity index is 1.94. The molecule has 2 aromatic heterocycles. The van der Waals surface area contributed by atoms with Gasteiger partial charge >= 0.3 is 0 Å². The molecule has 0 atom stereocenters. The van der Waals surface area contributed by atoms with Crippen LogP contribution in [0.2, 0.25) is 0 Å². The number of hydrogen-bond donors (Lipinski definition) is 0. The van der Waals surface area contributed by atoms with Crippen molar-refractivity contribution >= 4 is 11.6 Å². The Kier molecular flexibility index (Phi) is 5.21. The lowest BCUT2D eigenvalue weighted by Crippen LogP contribution is -2.30. The Bertz CT molecular complexity index is 896. The van der Waals surface area contributed by atoms with Crippen LogP contribution in [0.1, 0.15) is 38.1 Å². The van der Waals surface area contributed by atoms with E-state index in [0.717, 1.165) is 11.3 Å². The normalized spacial score (nSPS) is 11.1. The summed E-state index contributed by atoms with van der Waals surface area (Å²) in [7, 11) is 0. The highest BCUT2D eigenvalue weighted by molar-refractivity contribution is 5.94. The van der Waals surface area contributed by atoms with Crippen molar-refractivity contribution in [3.63, 3.8) is 0 Å². The lowest BCUT2D eigenvalue weighted by atomic mass is 10.1. The molecule has 1 amide bonds. The first-order chi connectivity index (χ1) is 12.5. The summed E-state index contributed by atoms with van der Waals surface area (Å²) in [5, 5.41) is 0. The van der Waals surface area contributed by atoms with Crippen LogP contribution < -0.4 is 4.74 Å². The molecule has 136 valence electrons. The van der Waals surface area contributed by atoms with E-state index in [-0.39, 0.29) is 12.0 Å². The van der Waals surface area contributed by atoms with Gasteiger partial charge in [0.25, 0.3) is 11.8 Å². The number of imidazole rings is 1. The number of carbonyl (C=O) groups is 1. The quantitative estimate of drug-likeness (QED) is 0.679. The SMILES string of the molecule is CCN(CC)C(=O)c1ccc(-c2cnc3c(OC(C)C)nccn23)cc1. The Morgan fingerprint density at radius 1 is 1.15 bits per heavy atom. The van der Waals surface area contributed by atoms with Gasteiger partial charge in [0.1, 0.15) is 0 Å². The fraction of sp³-hybridized carbons (Fsp3) is 0.350. The maximum Gasteiger partial charge on any atom is 0.258 e. The molecule has 0 bridgehead atoms. The predicted octanol–water partition coefficient (Wildman–Crippen LogP) is 3.67. The number of aromatic nitrogens is 3. The fourth-order valence-corrected chi connectivity index (χ4v) is 2.89. The van der Waals surface area contributed by atoms with Crippen LogP contribution in [0.5, 0.6) is 5.88 Å². The van der Waals surface area contributed by atoms with E-state index >= 15 is 0 Å². The molecule has 0 saturated carbocycles. The first-order valence-electron chi connectivity index (χ1n) is 8.93. The molecule has 2 heterocycles. The van der Waals surface area contributed by atoms with Gasteiger partial charge in [-0.15, -0.1) is 0 Å². The number of nitrogens with zero attached hydrogens (tertiary/aromatic N) is 4. The molecule has 3 rings (SSSR count). The summed E-state index contributed by atoms with van der Waals surface area (Å²) in [5.74, 6) is 0.568. The minimum Gasteiger partial charge on any atom is -0.472 e. The van der Waals surface area contributed by atoms with Crippen LogP contribution in [-0.4, -0.2) is 44.4 Å². The second kappa shape index (κ2) is 7.56. The van der Waals surface area contributed by atoms with Gasteiger partial charge in [0.05, 0.1) is 18.0 Å². The molecule has 0 radical (unpaired) electrons. The summed E-state index contributed by atoms with van der Waals surface area (Å²) in [6, 6.07) is 7.62. The van der Waals surface area contributed by atoms with E-state index in [2.05, 4.69) is 9.97 Å². The van der Waals surface area contributed by atoms with Gasteiger partial charge in [-0.1, -0.05) is 12.1 Å². The van der Waals surface area contributed by atoms with Crippen LogP contribution in [-0.2, 0) is 0 Å². The van der Waals surface area contributed by atoms with Crippen molar-refractivity contribution in [3.8, 4) is 17.1 Å². The summed E-state index contributed by atoms with van der Waals surface area (Å²) in [6.07, 6.45) is 5.39. The van der Waals surface area contributed by atoms with Crippen LogP contribution in [0.25, 0.3) is 16.9 Å². The van der Waals surface area contributed by atoms with Crippen LogP contribution in [0.4, 0.5) is 0 Å². The van der Waals surface area contributed by atoms with Gasteiger partial charge in [-0.2, -0.15) is 0 Å². The molecule has 0 fully saturated rings. The van der Waals surface area contributed by atoms with Crippen molar-refractivity contribution in [2.45, 2.75) is 33.8 Å². The van der Waals surface area contributed by atoms with Gasteiger partial charge in [-0.3, -0.25) is 9.20 Å². The highest BCUT2D eigenvalue weighted by Gasteiger charge is 2.15. The molecule has 0 N–H and O–H groups in total. The highest BCUT2D eigenvalue weighted by atomic mass is 16.5. The zero-order chi connectivity index (χ0) is 18.7. The van der Waals surface area contributed by atoms with Crippen LogP contribution in [0, 0.1) is 0 Å². The van der Waals surface area contributed by atoms with Gasteiger partial charge in [0.2, 0.25) is 5.65 Å². The molecule has 1 aromatic carbocycles. The van der Waals surface area contributed by atoms with Crippen molar-refractivity contribution < 1.29 is 9.53 Å². The third-order valence-corrected chi connectivity index (χ3v) is 4.22. The van der Waals surface area contributed by atoms with Crippen LogP contribution in [0.15, 0.2) is 42.9 Å². The molecule has 0 aliphatic carbocycles. The molecule has 0 aliphatic rings. The average Bonchev–Trinajstić information content (AvgIpc) is 3.07. The maximum atomic E-state index is 12.4. The summed E-state index contributed by atoms with van der Waals surface area (Å²) >= 11 is 0. The van der Waals surface area contributed by atoms with Crippen molar-refractivity contribution in [3.05, 3.63) is 48.4 Å². The van der Waals surface area contributed by atoms with E-state index < -0.39 is 0 Å². The number of fused-ring (bicyclic) bond motifs is 1. The number of benzene rings is 1. The number of hydrogen-bond acceptors (Lipinski definition) is 4. The molecular formula is C20H24N4O2. The molecule has 6 nitrogen and oxygen atoms in total. The number of carbonyl (C=O) groups excluding carboxylic acids is 1. The molecule has 26 heavy (non-hydrogen) atoms. The summed E-state index contributed by atoms with van der Waals surface area (Å²) in [6.45, 7) is 9.30. The standard InChI is InChI=1S/C20H24N4O2/c1-5-23(6-2)20(25)16-9-7-15(8-10-16)17-13-22-18-19(26-14(3)4)21-11-12-24(17)18/h7-14H,5-6H2,1-4H3. The third-order valence-electron chi connectivity index (χ3n) is 4.22.